The quantitative estimate of drug-likeness (QED) is 0.172. The van der Waals surface area contributed by atoms with E-state index in [-0.39, 0.29) is 5.41 Å². The van der Waals surface area contributed by atoms with Crippen LogP contribution in [-0.4, -0.2) is 0 Å². The van der Waals surface area contributed by atoms with Crippen molar-refractivity contribution in [3.05, 3.63) is 181 Å². The van der Waals surface area contributed by atoms with Gasteiger partial charge in [-0.15, -0.1) is 0 Å². The average molecular weight is 663 g/mol. The van der Waals surface area contributed by atoms with E-state index in [1.165, 1.54) is 82.4 Å². The number of benzene rings is 9. The van der Waals surface area contributed by atoms with E-state index in [0.29, 0.717) is 0 Å². The standard InChI is InChI=1S/C51H34O/c1-51(2)44-28-27-34(30-43(44)49-35-13-4-3-12-32(35)26-29-45(49)51)31-22-24-33(25-23-31)47-37-15-5-7-17-39(37)48(40-18-8-6-16-38(40)47)42-20-11-19-41-36-14-9-10-21-46(36)52-50(41)42/h3-30H,1-2H3. The Labute approximate surface area is 302 Å². The van der Waals surface area contributed by atoms with Gasteiger partial charge in [0.05, 0.1) is 0 Å². The van der Waals surface area contributed by atoms with Crippen molar-refractivity contribution in [1.82, 2.24) is 0 Å². The van der Waals surface area contributed by atoms with Gasteiger partial charge in [0.2, 0.25) is 0 Å². The molecule has 0 bridgehead atoms. The fourth-order valence-electron chi connectivity index (χ4n) is 9.21. The van der Waals surface area contributed by atoms with Gasteiger partial charge in [-0.3, -0.25) is 0 Å². The summed E-state index contributed by atoms with van der Waals surface area (Å²) in [4.78, 5) is 0. The van der Waals surface area contributed by atoms with Crippen molar-refractivity contribution >= 4 is 54.3 Å². The summed E-state index contributed by atoms with van der Waals surface area (Å²) in [7, 11) is 0. The predicted octanol–water partition coefficient (Wildman–Crippen LogP) is 14.4. The summed E-state index contributed by atoms with van der Waals surface area (Å²) in [6.07, 6.45) is 0. The third-order valence-electron chi connectivity index (χ3n) is 11.7. The fourth-order valence-corrected chi connectivity index (χ4v) is 9.21. The van der Waals surface area contributed by atoms with E-state index in [1.807, 2.05) is 6.07 Å². The van der Waals surface area contributed by atoms with Crippen LogP contribution in [0.25, 0.3) is 98.8 Å². The Morgan fingerprint density at radius 2 is 0.923 bits per heavy atom. The number of para-hydroxylation sites is 2. The molecule has 11 rings (SSSR count). The van der Waals surface area contributed by atoms with Gasteiger partial charge < -0.3 is 4.42 Å². The van der Waals surface area contributed by atoms with Crippen LogP contribution in [0.5, 0.6) is 0 Å². The first-order valence-corrected chi connectivity index (χ1v) is 18.2. The van der Waals surface area contributed by atoms with Gasteiger partial charge in [-0.25, -0.2) is 0 Å². The molecule has 0 unspecified atom stereocenters. The Hall–Kier alpha value is -6.44. The minimum absolute atomic E-state index is 0.0404. The van der Waals surface area contributed by atoms with E-state index in [1.54, 1.807) is 0 Å². The van der Waals surface area contributed by atoms with E-state index in [2.05, 4.69) is 178 Å². The lowest BCUT2D eigenvalue weighted by molar-refractivity contribution is 0.661. The van der Waals surface area contributed by atoms with Gasteiger partial charge in [-0.1, -0.05) is 172 Å². The Bertz CT molecular complexity index is 3030. The molecule has 0 aliphatic heterocycles. The number of hydrogen-bond donors (Lipinski definition) is 0. The maximum absolute atomic E-state index is 6.59. The van der Waals surface area contributed by atoms with Crippen molar-refractivity contribution in [2.75, 3.05) is 0 Å². The smallest absolute Gasteiger partial charge is 0.143 e. The van der Waals surface area contributed by atoms with Crippen LogP contribution in [0.15, 0.2) is 174 Å². The highest BCUT2D eigenvalue weighted by Gasteiger charge is 2.36. The van der Waals surface area contributed by atoms with Gasteiger partial charge in [0.1, 0.15) is 11.2 Å². The lowest BCUT2D eigenvalue weighted by Crippen LogP contribution is -2.14. The number of fused-ring (bicyclic) bond motifs is 10. The van der Waals surface area contributed by atoms with Gasteiger partial charge in [0.25, 0.3) is 0 Å². The minimum atomic E-state index is -0.0404. The van der Waals surface area contributed by atoms with Crippen LogP contribution in [0.1, 0.15) is 25.0 Å². The fraction of sp³-hybridized carbons (Fsp3) is 0.0588. The SMILES string of the molecule is CC1(C)c2ccc(-c3ccc(-c4c5ccccc5c(-c5cccc6c5oc5ccccc56)c5ccccc45)cc3)cc2-c2c1ccc1ccccc21. The zero-order valence-electron chi connectivity index (χ0n) is 29.1. The molecule has 1 heterocycles. The Morgan fingerprint density at radius 1 is 0.365 bits per heavy atom. The number of rotatable bonds is 3. The normalized spacial score (nSPS) is 13.3. The highest BCUT2D eigenvalue weighted by Crippen LogP contribution is 2.52. The second kappa shape index (κ2) is 10.8. The lowest BCUT2D eigenvalue weighted by atomic mass is 9.82. The first kappa shape index (κ1) is 29.3. The molecule has 1 aromatic heterocycles. The Kier molecular flexibility index (Phi) is 6.08. The summed E-state index contributed by atoms with van der Waals surface area (Å²) < 4.78 is 6.59. The van der Waals surface area contributed by atoms with Crippen LogP contribution < -0.4 is 0 Å². The zero-order chi connectivity index (χ0) is 34.6. The average Bonchev–Trinajstić information content (AvgIpc) is 3.69. The molecule has 0 amide bonds. The molecule has 0 fully saturated rings. The molecule has 1 aliphatic carbocycles. The van der Waals surface area contributed by atoms with Crippen molar-refractivity contribution in [2.24, 2.45) is 0 Å². The Balaban J connectivity index is 1.08. The van der Waals surface area contributed by atoms with Crippen molar-refractivity contribution < 1.29 is 4.42 Å². The molecular weight excluding hydrogens is 629 g/mol. The molecule has 0 saturated heterocycles. The van der Waals surface area contributed by atoms with Crippen LogP contribution in [-0.2, 0) is 5.41 Å². The van der Waals surface area contributed by atoms with E-state index in [4.69, 9.17) is 4.42 Å². The third-order valence-corrected chi connectivity index (χ3v) is 11.7. The minimum Gasteiger partial charge on any atom is -0.455 e. The summed E-state index contributed by atoms with van der Waals surface area (Å²) >= 11 is 0. The van der Waals surface area contributed by atoms with E-state index >= 15 is 0 Å². The second-order valence-electron chi connectivity index (χ2n) is 14.8. The second-order valence-corrected chi connectivity index (χ2v) is 14.8. The molecule has 0 N–H and O–H groups in total. The van der Waals surface area contributed by atoms with Crippen LogP contribution in [0.3, 0.4) is 0 Å². The van der Waals surface area contributed by atoms with Gasteiger partial charge in [0.15, 0.2) is 0 Å². The maximum Gasteiger partial charge on any atom is 0.143 e. The molecule has 1 heteroatoms. The molecule has 10 aromatic rings. The highest BCUT2D eigenvalue weighted by molar-refractivity contribution is 6.24. The molecule has 1 nitrogen and oxygen atoms in total. The first-order valence-electron chi connectivity index (χ1n) is 18.2. The largest absolute Gasteiger partial charge is 0.455 e. The first-order chi connectivity index (χ1) is 25.6. The zero-order valence-corrected chi connectivity index (χ0v) is 29.1. The summed E-state index contributed by atoms with van der Waals surface area (Å²) in [6.45, 7) is 4.72. The number of hydrogen-bond acceptors (Lipinski definition) is 1. The van der Waals surface area contributed by atoms with Gasteiger partial charge in [-0.05, 0) is 89.0 Å². The van der Waals surface area contributed by atoms with Crippen molar-refractivity contribution in [3.63, 3.8) is 0 Å². The van der Waals surface area contributed by atoms with Crippen LogP contribution in [0, 0.1) is 0 Å². The molecule has 0 spiro atoms. The monoisotopic (exact) mass is 662 g/mol. The summed E-state index contributed by atoms with van der Waals surface area (Å²) in [6, 6.07) is 62.3. The maximum atomic E-state index is 6.59. The predicted molar refractivity (Wildman–Crippen MR) is 220 cm³/mol. The summed E-state index contributed by atoms with van der Waals surface area (Å²) in [5, 5.41) is 9.83. The lowest BCUT2D eigenvalue weighted by Gasteiger charge is -2.21. The van der Waals surface area contributed by atoms with Gasteiger partial charge >= 0.3 is 0 Å². The van der Waals surface area contributed by atoms with Crippen molar-refractivity contribution in [3.8, 4) is 44.5 Å². The van der Waals surface area contributed by atoms with Crippen LogP contribution >= 0.6 is 0 Å². The molecular formula is C51H34O. The molecule has 9 aromatic carbocycles. The van der Waals surface area contributed by atoms with E-state index in [0.717, 1.165) is 27.5 Å². The molecule has 1 aliphatic rings. The van der Waals surface area contributed by atoms with Crippen molar-refractivity contribution in [2.45, 2.75) is 19.3 Å². The molecule has 0 atom stereocenters. The number of furan rings is 1. The molecule has 0 saturated carbocycles. The summed E-state index contributed by atoms with van der Waals surface area (Å²) in [5.74, 6) is 0. The summed E-state index contributed by atoms with van der Waals surface area (Å²) in [5.41, 5.74) is 14.6. The third kappa shape index (κ3) is 4.05. The van der Waals surface area contributed by atoms with Crippen LogP contribution in [0.2, 0.25) is 0 Å². The molecule has 244 valence electrons. The van der Waals surface area contributed by atoms with E-state index in [9.17, 15) is 0 Å². The molecule has 0 radical (unpaired) electrons. The highest BCUT2D eigenvalue weighted by atomic mass is 16.3. The van der Waals surface area contributed by atoms with Gasteiger partial charge in [-0.2, -0.15) is 0 Å². The Morgan fingerprint density at radius 3 is 1.65 bits per heavy atom. The molecule has 52 heavy (non-hydrogen) atoms. The topological polar surface area (TPSA) is 13.1 Å². The van der Waals surface area contributed by atoms with Crippen LogP contribution in [0.4, 0.5) is 0 Å². The van der Waals surface area contributed by atoms with E-state index < -0.39 is 0 Å². The van der Waals surface area contributed by atoms with Gasteiger partial charge in [0, 0.05) is 27.3 Å². The van der Waals surface area contributed by atoms with Crippen molar-refractivity contribution in [1.29, 1.82) is 0 Å².